The molecule has 400 valence electrons. The normalized spacial score (nSPS) is 13.3. The second-order valence-corrected chi connectivity index (χ2v) is 26.5. The minimum atomic E-state index is -0.0716. The molecule has 1 aliphatic rings. The minimum absolute atomic E-state index is 0.0422. The SMILES string of the molecule is CC(C)(C)c1cccc(-c2cccc(-c3cc(C(C)(C)C)cc(C(C)(C)C)c3)c2-n2[c](=[Pt])n3c4c(cccc42)CCN(c2ccccc2)c2ccc(Oc4[c-]c5c(cc4)c4ccccc4n5-c4cc(C(C)(C)C)ccn4)[c-]c2-3)c1. The molecule has 11 aromatic rings. The summed E-state index contributed by atoms with van der Waals surface area (Å²) in [5.41, 5.74) is 19.3. The zero-order valence-electron chi connectivity index (χ0n) is 47.6. The van der Waals surface area contributed by atoms with E-state index in [-0.39, 0.29) is 21.7 Å². The zero-order valence-corrected chi connectivity index (χ0v) is 49.9. The van der Waals surface area contributed by atoms with Gasteiger partial charge in [0, 0.05) is 6.20 Å². The van der Waals surface area contributed by atoms with Gasteiger partial charge in [-0.25, -0.2) is 0 Å². The molecular formula is C72H69N5OPt-2. The van der Waals surface area contributed by atoms with Crippen LogP contribution in [0.2, 0.25) is 0 Å². The van der Waals surface area contributed by atoms with Crippen LogP contribution in [0, 0.1) is 15.9 Å². The van der Waals surface area contributed by atoms with Crippen molar-refractivity contribution in [3.63, 3.8) is 0 Å². The summed E-state index contributed by atoms with van der Waals surface area (Å²) in [6, 6.07) is 70.0. The molecular weight excluding hydrogens is 1150 g/mol. The van der Waals surface area contributed by atoms with Crippen molar-refractivity contribution < 1.29 is 24.1 Å². The number of imidazole rings is 1. The molecule has 7 heteroatoms. The Hall–Kier alpha value is -7.53. The van der Waals surface area contributed by atoms with Crippen molar-refractivity contribution in [2.24, 2.45) is 0 Å². The van der Waals surface area contributed by atoms with Crippen LogP contribution in [0.5, 0.6) is 11.5 Å². The van der Waals surface area contributed by atoms with Gasteiger partial charge in [-0.15, -0.1) is 0 Å². The molecule has 8 aromatic carbocycles. The molecule has 0 N–H and O–H groups in total. The van der Waals surface area contributed by atoms with Gasteiger partial charge in [0.1, 0.15) is 0 Å². The van der Waals surface area contributed by atoms with Crippen molar-refractivity contribution in [1.82, 2.24) is 18.7 Å². The fraction of sp³-hybridized carbons (Fsp3) is 0.250. The maximum atomic E-state index is 7.03. The Morgan fingerprint density at radius 2 is 1.10 bits per heavy atom. The van der Waals surface area contributed by atoms with E-state index in [9.17, 15) is 0 Å². The number of aromatic nitrogens is 4. The van der Waals surface area contributed by atoms with E-state index in [0.717, 1.165) is 78.2 Å². The van der Waals surface area contributed by atoms with Gasteiger partial charge in [-0.1, -0.05) is 32.9 Å². The van der Waals surface area contributed by atoms with Crippen LogP contribution >= 0.6 is 0 Å². The van der Waals surface area contributed by atoms with Gasteiger partial charge in [-0.3, -0.25) is 0 Å². The molecule has 1 aliphatic heterocycles. The predicted octanol–water partition coefficient (Wildman–Crippen LogP) is 18.6. The fourth-order valence-corrected chi connectivity index (χ4v) is 12.4. The van der Waals surface area contributed by atoms with Crippen LogP contribution in [0.1, 0.15) is 111 Å². The number of pyridine rings is 1. The number of benzene rings is 8. The molecule has 0 amide bonds. The molecule has 79 heavy (non-hydrogen) atoms. The summed E-state index contributed by atoms with van der Waals surface area (Å²) in [6.45, 7) is 28.4. The van der Waals surface area contributed by atoms with Crippen molar-refractivity contribution >= 4 is 44.2 Å². The number of hydrogen-bond acceptors (Lipinski definition) is 3. The first-order valence-electron chi connectivity index (χ1n) is 27.7. The Balaban J connectivity index is 1.11. The first kappa shape index (κ1) is 52.2. The maximum absolute atomic E-state index is 7.03. The molecule has 0 unspecified atom stereocenters. The van der Waals surface area contributed by atoms with Crippen LogP contribution in [-0.4, -0.2) is 25.2 Å². The van der Waals surface area contributed by atoms with Gasteiger partial charge in [0.05, 0.1) is 0 Å². The van der Waals surface area contributed by atoms with E-state index >= 15 is 0 Å². The molecule has 12 rings (SSSR count). The van der Waals surface area contributed by atoms with E-state index in [0.29, 0.717) is 11.5 Å². The Morgan fingerprint density at radius 1 is 0.494 bits per heavy atom. The van der Waals surface area contributed by atoms with Gasteiger partial charge in [0.25, 0.3) is 0 Å². The van der Waals surface area contributed by atoms with Crippen LogP contribution in [-0.2, 0) is 47.4 Å². The summed E-state index contributed by atoms with van der Waals surface area (Å²) in [6.07, 6.45) is 2.74. The number of rotatable bonds is 7. The number of para-hydroxylation sites is 4. The summed E-state index contributed by atoms with van der Waals surface area (Å²) in [4.78, 5) is 7.39. The molecule has 0 radical (unpaired) electrons. The van der Waals surface area contributed by atoms with Gasteiger partial charge in [0.15, 0.2) is 0 Å². The van der Waals surface area contributed by atoms with E-state index in [4.69, 9.17) is 9.72 Å². The molecule has 0 fully saturated rings. The third-order valence-corrected chi connectivity index (χ3v) is 16.9. The molecule has 0 saturated heterocycles. The van der Waals surface area contributed by atoms with E-state index < -0.39 is 0 Å². The second-order valence-electron chi connectivity index (χ2n) is 25.5. The number of fused-ring (bicyclic) bond motifs is 5. The molecule has 3 aromatic heterocycles. The molecule has 0 saturated carbocycles. The third-order valence-electron chi connectivity index (χ3n) is 15.9. The summed E-state index contributed by atoms with van der Waals surface area (Å²) >= 11 is 2.60. The quantitative estimate of drug-likeness (QED) is 0.149. The standard InChI is InChI=1S/C72H69N5O.Pt/c1-69(2,3)50-23-18-22-48(39-50)57-27-20-28-58(49-40-52(71(7,8)9)42-53(41-49)72(10,11)12)68(57)75-46-76-65-45-56(32-34-62(65)74(54-24-14-13-15-25-54)38-36-47-21-19-30-63(75)67(47)76)78-55-31-33-60-59-26-16-17-29-61(59)77(64(60)44-55)66-43-51(35-37-73-66)70(4,5)6;/h13-35,37,39-43H,36,38H2,1-12H3;/q-2;. The van der Waals surface area contributed by atoms with E-state index in [1.165, 1.54) is 50.1 Å². The summed E-state index contributed by atoms with van der Waals surface area (Å²) in [5, 5.41) is 2.22. The van der Waals surface area contributed by atoms with Crippen LogP contribution in [0.15, 0.2) is 176 Å². The topological polar surface area (TPSA) is 40.1 Å². The average molecular weight is 1220 g/mol. The zero-order chi connectivity index (χ0) is 55.3. The van der Waals surface area contributed by atoms with Crippen molar-refractivity contribution in [1.29, 1.82) is 0 Å². The van der Waals surface area contributed by atoms with Gasteiger partial charge in [0.2, 0.25) is 0 Å². The number of nitrogens with zero attached hydrogens (tertiary/aromatic N) is 5. The van der Waals surface area contributed by atoms with E-state index in [2.05, 4.69) is 297 Å². The fourth-order valence-electron chi connectivity index (χ4n) is 11.4. The van der Waals surface area contributed by atoms with Crippen molar-refractivity contribution in [2.45, 2.75) is 111 Å². The Bertz CT molecular complexity index is 4210. The molecule has 6 nitrogen and oxygen atoms in total. The molecule has 4 heterocycles. The molecule has 0 spiro atoms. The van der Waals surface area contributed by atoms with Crippen LogP contribution in [0.3, 0.4) is 0 Å². The van der Waals surface area contributed by atoms with Gasteiger partial charge in [-0.2, -0.15) is 0 Å². The van der Waals surface area contributed by atoms with Crippen LogP contribution < -0.4 is 9.64 Å². The molecule has 0 bridgehead atoms. The number of ether oxygens (including phenoxy) is 1. The van der Waals surface area contributed by atoms with Crippen LogP contribution in [0.4, 0.5) is 11.4 Å². The van der Waals surface area contributed by atoms with Crippen LogP contribution in [0.25, 0.3) is 72.3 Å². The first-order valence-corrected chi connectivity index (χ1v) is 28.9. The Labute approximate surface area is 477 Å². The second kappa shape index (κ2) is 19.4. The van der Waals surface area contributed by atoms with Gasteiger partial charge >= 0.3 is 424 Å². The summed E-state index contributed by atoms with van der Waals surface area (Å²) in [7, 11) is 0. The number of hydrogen-bond donors (Lipinski definition) is 0. The van der Waals surface area contributed by atoms with Crippen molar-refractivity contribution in [3.05, 3.63) is 220 Å². The predicted molar refractivity (Wildman–Crippen MR) is 325 cm³/mol. The summed E-state index contributed by atoms with van der Waals surface area (Å²) in [5.74, 6) is 2.04. The molecule has 0 aliphatic carbocycles. The van der Waals surface area contributed by atoms with Gasteiger partial charge < -0.3 is 0 Å². The van der Waals surface area contributed by atoms with Gasteiger partial charge in [-0.05, 0) is 17.0 Å². The van der Waals surface area contributed by atoms with E-state index in [1.807, 2.05) is 12.3 Å². The monoisotopic (exact) mass is 1210 g/mol. The number of anilines is 2. The third kappa shape index (κ3) is 9.50. The Morgan fingerprint density at radius 3 is 1.82 bits per heavy atom. The average Bonchev–Trinajstić information content (AvgIpc) is 4.15. The Kier molecular flexibility index (Phi) is 12.8. The summed E-state index contributed by atoms with van der Waals surface area (Å²) < 4.78 is 15.3. The van der Waals surface area contributed by atoms with Crippen molar-refractivity contribution in [3.8, 4) is 50.9 Å². The first-order chi connectivity index (χ1) is 37.6. The molecule has 0 atom stereocenters. The van der Waals surface area contributed by atoms with Crippen molar-refractivity contribution in [2.75, 3.05) is 11.4 Å². The van der Waals surface area contributed by atoms with E-state index in [1.54, 1.807) is 0 Å².